The lowest BCUT2D eigenvalue weighted by Crippen LogP contribution is -2.15. The molecule has 0 radical (unpaired) electrons. The number of halogens is 1. The third kappa shape index (κ3) is 1.77. The third-order valence-electron chi connectivity index (χ3n) is 5.37. The van der Waals surface area contributed by atoms with Crippen LogP contribution < -0.4 is 0 Å². The molecular weight excluding hydrogens is 272 g/mol. The molecule has 2 heterocycles. The summed E-state index contributed by atoms with van der Waals surface area (Å²) in [7, 11) is 0. The molecule has 2 bridgehead atoms. The largest absolute Gasteiger partial charge is 0.279 e. The van der Waals surface area contributed by atoms with Crippen LogP contribution in [0.4, 0.5) is 0 Å². The Labute approximate surface area is 123 Å². The lowest BCUT2D eigenvalue weighted by molar-refractivity contribution is 0.326. The fourth-order valence-electron chi connectivity index (χ4n) is 4.24. The SMILES string of the molecule is Cc1nc(Cl)c2nnc(CC3CC4CCC3C4)n2c1C. The topological polar surface area (TPSA) is 43.1 Å². The maximum atomic E-state index is 6.19. The summed E-state index contributed by atoms with van der Waals surface area (Å²) in [5.74, 6) is 3.72. The Kier molecular flexibility index (Phi) is 2.78. The van der Waals surface area contributed by atoms with Gasteiger partial charge in [0.25, 0.3) is 0 Å². The zero-order valence-electron chi connectivity index (χ0n) is 11.9. The Morgan fingerprint density at radius 3 is 2.75 bits per heavy atom. The number of hydrogen-bond acceptors (Lipinski definition) is 3. The normalized spacial score (nSPS) is 28.6. The van der Waals surface area contributed by atoms with Crippen molar-refractivity contribution < 1.29 is 0 Å². The predicted molar refractivity (Wildman–Crippen MR) is 77.9 cm³/mol. The summed E-state index contributed by atoms with van der Waals surface area (Å²) in [6.45, 7) is 4.06. The minimum atomic E-state index is 0.458. The molecule has 3 unspecified atom stereocenters. The van der Waals surface area contributed by atoms with Crippen molar-refractivity contribution in [3.05, 3.63) is 22.4 Å². The van der Waals surface area contributed by atoms with Crippen LogP contribution >= 0.6 is 11.6 Å². The molecule has 2 aliphatic rings. The minimum Gasteiger partial charge on any atom is -0.279 e. The first-order valence-electron chi connectivity index (χ1n) is 7.50. The first-order valence-corrected chi connectivity index (χ1v) is 7.88. The Morgan fingerprint density at radius 2 is 2.05 bits per heavy atom. The number of hydrogen-bond donors (Lipinski definition) is 0. The summed E-state index contributed by atoms with van der Waals surface area (Å²) >= 11 is 6.19. The highest BCUT2D eigenvalue weighted by Crippen LogP contribution is 2.49. The lowest BCUT2D eigenvalue weighted by atomic mass is 9.86. The van der Waals surface area contributed by atoms with Crippen molar-refractivity contribution in [3.63, 3.8) is 0 Å². The molecule has 0 amide bonds. The summed E-state index contributed by atoms with van der Waals surface area (Å²) in [6.07, 6.45) is 6.68. The van der Waals surface area contributed by atoms with Crippen LogP contribution in [0.5, 0.6) is 0 Å². The molecule has 106 valence electrons. The van der Waals surface area contributed by atoms with Crippen molar-refractivity contribution in [3.8, 4) is 0 Å². The van der Waals surface area contributed by atoms with E-state index in [9.17, 15) is 0 Å². The van der Waals surface area contributed by atoms with E-state index in [2.05, 4.69) is 26.5 Å². The second-order valence-electron chi connectivity index (χ2n) is 6.49. The van der Waals surface area contributed by atoms with E-state index in [-0.39, 0.29) is 0 Å². The van der Waals surface area contributed by atoms with Crippen LogP contribution in [-0.2, 0) is 6.42 Å². The molecule has 0 N–H and O–H groups in total. The van der Waals surface area contributed by atoms with Gasteiger partial charge in [-0.05, 0) is 50.9 Å². The molecule has 2 saturated carbocycles. The first-order chi connectivity index (χ1) is 9.63. The van der Waals surface area contributed by atoms with Gasteiger partial charge in [0, 0.05) is 12.1 Å². The van der Waals surface area contributed by atoms with Gasteiger partial charge in [-0.2, -0.15) is 0 Å². The summed E-state index contributed by atoms with van der Waals surface area (Å²) < 4.78 is 2.11. The van der Waals surface area contributed by atoms with Gasteiger partial charge in [0.1, 0.15) is 5.82 Å². The minimum absolute atomic E-state index is 0.458. The fourth-order valence-corrected chi connectivity index (χ4v) is 4.48. The lowest BCUT2D eigenvalue weighted by Gasteiger charge is -2.20. The first kappa shape index (κ1) is 12.6. The standard InChI is InChI=1S/C15H19ClN4/c1-8-9(2)20-13(18-19-15(20)14(16)17-8)7-12-6-10-3-4-11(12)5-10/h10-12H,3-7H2,1-2H3. The van der Waals surface area contributed by atoms with Crippen LogP contribution in [0.2, 0.25) is 5.15 Å². The summed E-state index contributed by atoms with van der Waals surface area (Å²) in [5, 5.41) is 9.09. The summed E-state index contributed by atoms with van der Waals surface area (Å²) in [6, 6.07) is 0. The van der Waals surface area contributed by atoms with Crippen molar-refractivity contribution >= 4 is 17.2 Å². The van der Waals surface area contributed by atoms with Crippen molar-refractivity contribution in [2.45, 2.75) is 46.0 Å². The zero-order valence-corrected chi connectivity index (χ0v) is 12.7. The summed E-state index contributed by atoms with van der Waals surface area (Å²) in [5.41, 5.74) is 2.76. The van der Waals surface area contributed by atoms with E-state index < -0.39 is 0 Å². The molecule has 20 heavy (non-hydrogen) atoms. The van der Waals surface area contributed by atoms with Gasteiger partial charge in [-0.15, -0.1) is 10.2 Å². The predicted octanol–water partition coefficient (Wildman–Crippen LogP) is 3.37. The van der Waals surface area contributed by atoms with Crippen LogP contribution in [-0.4, -0.2) is 19.6 Å². The molecule has 3 atom stereocenters. The Morgan fingerprint density at radius 1 is 1.20 bits per heavy atom. The van der Waals surface area contributed by atoms with Crippen LogP contribution in [0.25, 0.3) is 5.65 Å². The van der Waals surface area contributed by atoms with E-state index >= 15 is 0 Å². The van der Waals surface area contributed by atoms with Crippen LogP contribution in [0, 0.1) is 31.6 Å². The molecule has 2 fully saturated rings. The monoisotopic (exact) mass is 290 g/mol. The number of aromatic nitrogens is 4. The molecule has 0 saturated heterocycles. The Hall–Kier alpha value is -1.16. The van der Waals surface area contributed by atoms with Gasteiger partial charge >= 0.3 is 0 Å². The zero-order chi connectivity index (χ0) is 13.9. The number of rotatable bonds is 2. The quantitative estimate of drug-likeness (QED) is 0.851. The van der Waals surface area contributed by atoms with Crippen LogP contribution in [0.1, 0.15) is 42.9 Å². The highest BCUT2D eigenvalue weighted by Gasteiger charge is 2.39. The fraction of sp³-hybridized carbons (Fsp3) is 0.667. The van der Waals surface area contributed by atoms with Gasteiger partial charge in [0.2, 0.25) is 0 Å². The molecule has 4 nitrogen and oxygen atoms in total. The van der Waals surface area contributed by atoms with E-state index in [4.69, 9.17) is 11.6 Å². The van der Waals surface area contributed by atoms with Crippen molar-refractivity contribution in [1.29, 1.82) is 0 Å². The number of aryl methyl sites for hydroxylation is 2. The average Bonchev–Trinajstić information content (AvgIpc) is 3.11. The van der Waals surface area contributed by atoms with Gasteiger partial charge in [-0.1, -0.05) is 18.0 Å². The molecule has 5 heteroatoms. The maximum absolute atomic E-state index is 6.19. The Bertz CT molecular complexity index is 678. The second kappa shape index (κ2) is 4.42. The van der Waals surface area contributed by atoms with E-state index in [1.807, 2.05) is 6.92 Å². The Balaban J connectivity index is 1.73. The maximum Gasteiger partial charge on any atom is 0.198 e. The van der Waals surface area contributed by atoms with Crippen molar-refractivity contribution in [1.82, 2.24) is 19.6 Å². The number of fused-ring (bicyclic) bond motifs is 3. The number of nitrogens with zero attached hydrogens (tertiary/aromatic N) is 4. The third-order valence-corrected chi connectivity index (χ3v) is 5.62. The molecule has 2 aromatic heterocycles. The smallest absolute Gasteiger partial charge is 0.198 e. The molecule has 2 aliphatic carbocycles. The van der Waals surface area contributed by atoms with Crippen molar-refractivity contribution in [2.75, 3.05) is 0 Å². The van der Waals surface area contributed by atoms with Gasteiger partial charge in [0.15, 0.2) is 10.8 Å². The molecule has 4 rings (SSSR count). The van der Waals surface area contributed by atoms with E-state index in [0.717, 1.165) is 41.4 Å². The van der Waals surface area contributed by atoms with Gasteiger partial charge < -0.3 is 0 Å². The highest BCUT2D eigenvalue weighted by atomic mass is 35.5. The van der Waals surface area contributed by atoms with Crippen molar-refractivity contribution in [2.24, 2.45) is 17.8 Å². The summed E-state index contributed by atoms with van der Waals surface area (Å²) in [4.78, 5) is 4.33. The average molecular weight is 291 g/mol. The second-order valence-corrected chi connectivity index (χ2v) is 6.85. The van der Waals surface area contributed by atoms with E-state index in [0.29, 0.717) is 10.8 Å². The van der Waals surface area contributed by atoms with Gasteiger partial charge in [0.05, 0.1) is 5.69 Å². The van der Waals surface area contributed by atoms with Gasteiger partial charge in [-0.3, -0.25) is 4.40 Å². The van der Waals surface area contributed by atoms with Crippen LogP contribution in [0.15, 0.2) is 0 Å². The molecule has 2 aromatic rings. The molecular formula is C15H19ClN4. The molecule has 0 aliphatic heterocycles. The van der Waals surface area contributed by atoms with E-state index in [1.54, 1.807) is 0 Å². The van der Waals surface area contributed by atoms with Gasteiger partial charge in [-0.25, -0.2) is 4.98 Å². The molecule has 0 spiro atoms. The van der Waals surface area contributed by atoms with E-state index in [1.165, 1.54) is 25.7 Å². The molecule has 0 aromatic carbocycles. The highest BCUT2D eigenvalue weighted by molar-refractivity contribution is 6.32. The van der Waals surface area contributed by atoms with Crippen LogP contribution in [0.3, 0.4) is 0 Å².